The number of benzene rings is 11. The molecule has 0 aliphatic carbocycles. The van der Waals surface area contributed by atoms with E-state index in [9.17, 15) is 0 Å². The van der Waals surface area contributed by atoms with Crippen molar-refractivity contribution in [3.63, 3.8) is 0 Å². The number of fused-ring (bicyclic) bond motifs is 9. The molecule has 284 valence electrons. The van der Waals surface area contributed by atoms with E-state index in [0.29, 0.717) is 0 Å². The Balaban J connectivity index is 0.844. The third-order valence-corrected chi connectivity index (χ3v) is 13.6. The van der Waals surface area contributed by atoms with Gasteiger partial charge in [-0.2, -0.15) is 0 Å². The van der Waals surface area contributed by atoms with E-state index >= 15 is 0 Å². The Labute approximate surface area is 359 Å². The van der Waals surface area contributed by atoms with Crippen LogP contribution in [-0.4, -0.2) is 0 Å². The molecule has 0 saturated carbocycles. The highest BCUT2D eigenvalue weighted by atomic mass is 32.1. The van der Waals surface area contributed by atoms with Gasteiger partial charge in [-0.05, 0) is 148 Å². The van der Waals surface area contributed by atoms with Gasteiger partial charge in [0.1, 0.15) is 0 Å². The lowest BCUT2D eigenvalue weighted by atomic mass is 9.91. The van der Waals surface area contributed by atoms with Crippen LogP contribution in [0.5, 0.6) is 0 Å². The molecule has 12 rings (SSSR count). The molecule has 0 fully saturated rings. The summed E-state index contributed by atoms with van der Waals surface area (Å²) in [5, 5.41) is 10.4. The van der Waals surface area contributed by atoms with Crippen molar-refractivity contribution in [2.75, 3.05) is 0 Å². The first-order valence-corrected chi connectivity index (χ1v) is 21.8. The minimum absolute atomic E-state index is 1.20. The summed E-state index contributed by atoms with van der Waals surface area (Å²) in [6, 6.07) is 85.0. The van der Waals surface area contributed by atoms with Gasteiger partial charge in [-0.3, -0.25) is 0 Å². The second-order valence-corrected chi connectivity index (χ2v) is 17.1. The Morgan fingerprint density at radius 2 is 0.443 bits per heavy atom. The first kappa shape index (κ1) is 35.4. The minimum Gasteiger partial charge on any atom is -0.135 e. The largest absolute Gasteiger partial charge is 0.135 e. The van der Waals surface area contributed by atoms with Gasteiger partial charge in [0.2, 0.25) is 0 Å². The summed E-state index contributed by atoms with van der Waals surface area (Å²) in [5.41, 5.74) is 14.6. The molecule has 0 atom stereocenters. The van der Waals surface area contributed by atoms with Crippen LogP contribution in [0.3, 0.4) is 0 Å². The number of hydrogen-bond donors (Lipinski definition) is 0. The van der Waals surface area contributed by atoms with Gasteiger partial charge in [0.15, 0.2) is 0 Å². The van der Waals surface area contributed by atoms with E-state index < -0.39 is 0 Å². The van der Waals surface area contributed by atoms with Crippen LogP contribution >= 0.6 is 11.3 Å². The van der Waals surface area contributed by atoms with E-state index in [4.69, 9.17) is 0 Å². The molecular formula is C60H38S. The van der Waals surface area contributed by atoms with E-state index in [1.165, 1.54) is 119 Å². The Morgan fingerprint density at radius 3 is 0.852 bits per heavy atom. The normalized spacial score (nSPS) is 11.6. The number of rotatable bonds is 6. The van der Waals surface area contributed by atoms with Crippen LogP contribution in [0.1, 0.15) is 0 Å². The van der Waals surface area contributed by atoms with Crippen molar-refractivity contribution in [1.82, 2.24) is 0 Å². The van der Waals surface area contributed by atoms with Crippen LogP contribution in [0.4, 0.5) is 0 Å². The molecule has 0 unspecified atom stereocenters. The average molecular weight is 791 g/mol. The van der Waals surface area contributed by atoms with Crippen LogP contribution in [0.2, 0.25) is 0 Å². The molecule has 1 heterocycles. The first-order chi connectivity index (χ1) is 30.2. The fraction of sp³-hybridized carbons (Fsp3) is 0. The molecule has 0 amide bonds. The summed E-state index contributed by atoms with van der Waals surface area (Å²) in [5.74, 6) is 0. The van der Waals surface area contributed by atoms with Crippen LogP contribution in [0.15, 0.2) is 231 Å². The summed E-state index contributed by atoms with van der Waals surface area (Å²) in [6.07, 6.45) is 0. The maximum Gasteiger partial charge on any atom is 0.0361 e. The van der Waals surface area contributed by atoms with E-state index in [1.807, 2.05) is 11.3 Å². The molecule has 0 aliphatic heterocycles. The molecule has 0 nitrogen and oxygen atoms in total. The van der Waals surface area contributed by atoms with Gasteiger partial charge in [-0.25, -0.2) is 0 Å². The molecule has 1 aromatic heterocycles. The highest BCUT2D eigenvalue weighted by Gasteiger charge is 2.12. The van der Waals surface area contributed by atoms with Gasteiger partial charge in [-0.1, -0.05) is 182 Å². The highest BCUT2D eigenvalue weighted by Crippen LogP contribution is 2.40. The zero-order valence-corrected chi connectivity index (χ0v) is 34.2. The van der Waals surface area contributed by atoms with Crippen LogP contribution in [0.25, 0.3) is 119 Å². The fourth-order valence-corrected chi connectivity index (χ4v) is 10.5. The van der Waals surface area contributed by atoms with Gasteiger partial charge in [-0.15, -0.1) is 11.3 Å². The molecular weight excluding hydrogens is 753 g/mol. The average Bonchev–Trinajstić information content (AvgIpc) is 3.72. The van der Waals surface area contributed by atoms with Crippen molar-refractivity contribution in [1.29, 1.82) is 0 Å². The van der Waals surface area contributed by atoms with Crippen molar-refractivity contribution in [3.05, 3.63) is 231 Å². The van der Waals surface area contributed by atoms with Crippen molar-refractivity contribution in [3.8, 4) is 66.8 Å². The number of thiophene rings is 1. The summed E-state index contributed by atoms with van der Waals surface area (Å²) in [4.78, 5) is 0. The molecule has 0 saturated heterocycles. The minimum atomic E-state index is 1.20. The van der Waals surface area contributed by atoms with Gasteiger partial charge in [0.05, 0.1) is 0 Å². The zero-order chi connectivity index (χ0) is 40.3. The lowest BCUT2D eigenvalue weighted by Gasteiger charge is -2.13. The van der Waals surface area contributed by atoms with E-state index in [-0.39, 0.29) is 0 Å². The van der Waals surface area contributed by atoms with Crippen LogP contribution < -0.4 is 0 Å². The van der Waals surface area contributed by atoms with E-state index in [2.05, 4.69) is 231 Å². The summed E-state index contributed by atoms with van der Waals surface area (Å²) in [7, 11) is 0. The Morgan fingerprint density at radius 1 is 0.164 bits per heavy atom. The Bertz CT molecular complexity index is 3620. The maximum atomic E-state index is 2.38. The second-order valence-electron chi connectivity index (χ2n) is 16.1. The molecule has 11 aromatic carbocycles. The number of hydrogen-bond acceptors (Lipinski definition) is 1. The topological polar surface area (TPSA) is 0 Å². The molecule has 61 heavy (non-hydrogen) atoms. The molecule has 0 aliphatic rings. The maximum absolute atomic E-state index is 2.38. The van der Waals surface area contributed by atoms with Gasteiger partial charge in [0, 0.05) is 20.2 Å². The van der Waals surface area contributed by atoms with Crippen molar-refractivity contribution >= 4 is 63.8 Å². The van der Waals surface area contributed by atoms with Crippen molar-refractivity contribution < 1.29 is 0 Å². The first-order valence-electron chi connectivity index (χ1n) is 21.0. The Hall–Kier alpha value is -7.58. The second kappa shape index (κ2) is 14.6. The molecule has 0 N–H and O–H groups in total. The molecule has 0 bridgehead atoms. The lowest BCUT2D eigenvalue weighted by molar-refractivity contribution is 1.56. The van der Waals surface area contributed by atoms with E-state index in [0.717, 1.165) is 0 Å². The van der Waals surface area contributed by atoms with E-state index in [1.54, 1.807) is 0 Å². The van der Waals surface area contributed by atoms with Crippen molar-refractivity contribution in [2.45, 2.75) is 0 Å². The third kappa shape index (κ3) is 6.30. The summed E-state index contributed by atoms with van der Waals surface area (Å²) in [6.45, 7) is 0. The van der Waals surface area contributed by atoms with Crippen LogP contribution in [0, 0.1) is 0 Å². The SMILES string of the molecule is c1cc(-c2cccc(-c3cccc(-c4ccc5c(c4)sc4ccccc45)c3)c2)cc(-c2cccc(-c3cccc(-c4ccc5c6ccccc6c6ccccc6c5c4)c3)c2)c1. The molecule has 0 radical (unpaired) electrons. The summed E-state index contributed by atoms with van der Waals surface area (Å²) < 4.78 is 2.66. The lowest BCUT2D eigenvalue weighted by Crippen LogP contribution is -1.86. The standard InChI is InChI=1S/C60H38S/c1-2-24-53-51(22-1)52-23-3-4-25-54(52)58-37-49(28-30-55(53)58)47-20-10-18-45(35-47)43-16-8-14-41(33-43)39-12-7-13-40(32-39)42-15-9-17-44(34-42)46-19-11-21-48(36-46)50-29-31-57-56-26-5-6-27-59(56)61-60(57)38-50/h1-38H. The molecule has 12 aromatic rings. The van der Waals surface area contributed by atoms with Gasteiger partial charge >= 0.3 is 0 Å². The third-order valence-electron chi connectivity index (χ3n) is 12.4. The predicted octanol–water partition coefficient (Wildman–Crippen LogP) is 17.5. The molecule has 0 spiro atoms. The van der Waals surface area contributed by atoms with Gasteiger partial charge < -0.3 is 0 Å². The predicted molar refractivity (Wildman–Crippen MR) is 264 cm³/mol. The monoisotopic (exact) mass is 790 g/mol. The quantitative estimate of drug-likeness (QED) is 0.147. The zero-order valence-electron chi connectivity index (χ0n) is 33.3. The molecule has 1 heteroatoms. The van der Waals surface area contributed by atoms with Crippen LogP contribution in [-0.2, 0) is 0 Å². The fourth-order valence-electron chi connectivity index (χ4n) is 9.38. The Kier molecular flexibility index (Phi) is 8.47. The highest BCUT2D eigenvalue weighted by molar-refractivity contribution is 7.25. The summed E-state index contributed by atoms with van der Waals surface area (Å²) >= 11 is 1.87. The smallest absolute Gasteiger partial charge is 0.0361 e. The van der Waals surface area contributed by atoms with Gasteiger partial charge in [0.25, 0.3) is 0 Å². The van der Waals surface area contributed by atoms with Crippen molar-refractivity contribution in [2.24, 2.45) is 0 Å².